The Kier molecular flexibility index (Phi) is 3.07. The lowest BCUT2D eigenvalue weighted by molar-refractivity contribution is 0.528. The molecule has 0 saturated carbocycles. The molecule has 1 heterocycles. The van der Waals surface area contributed by atoms with Crippen molar-refractivity contribution in [3.05, 3.63) is 34.3 Å². The monoisotopic (exact) mass is 238 g/mol. The molecule has 0 bridgehead atoms. The van der Waals surface area contributed by atoms with Crippen LogP contribution in [0.2, 0.25) is 0 Å². The zero-order valence-corrected chi connectivity index (χ0v) is 10.1. The summed E-state index contributed by atoms with van der Waals surface area (Å²) in [7, 11) is 1.69. The van der Waals surface area contributed by atoms with Gasteiger partial charge in [-0.25, -0.2) is 4.79 Å². The van der Waals surface area contributed by atoms with E-state index in [-0.39, 0.29) is 11.8 Å². The standard InChI is InChI=1S/C11H14N2O2S/c1-13-9-5-7(8(12)6-16-2)3-4-10(9)15-11(13)14/h3-5,8H,6,12H2,1-2H3. The molecule has 1 atom stereocenters. The van der Waals surface area contributed by atoms with Crippen LogP contribution in [0.4, 0.5) is 0 Å². The Balaban J connectivity index is 2.50. The topological polar surface area (TPSA) is 61.2 Å². The average molecular weight is 238 g/mol. The third-order valence-corrected chi connectivity index (χ3v) is 3.28. The van der Waals surface area contributed by atoms with E-state index < -0.39 is 0 Å². The largest absolute Gasteiger partial charge is 0.419 e. The van der Waals surface area contributed by atoms with Gasteiger partial charge in [-0.2, -0.15) is 11.8 Å². The lowest BCUT2D eigenvalue weighted by Gasteiger charge is -2.09. The number of fused-ring (bicyclic) bond motifs is 1. The second-order valence-electron chi connectivity index (χ2n) is 3.72. The van der Waals surface area contributed by atoms with Crippen LogP contribution in [0.1, 0.15) is 11.6 Å². The van der Waals surface area contributed by atoms with Gasteiger partial charge in [0, 0.05) is 18.8 Å². The molecule has 0 aliphatic heterocycles. The number of hydrogen-bond donors (Lipinski definition) is 1. The number of nitrogens with two attached hydrogens (primary N) is 1. The second-order valence-corrected chi connectivity index (χ2v) is 4.63. The van der Waals surface area contributed by atoms with Gasteiger partial charge in [-0.1, -0.05) is 6.07 Å². The normalized spacial score (nSPS) is 13.2. The van der Waals surface area contributed by atoms with Gasteiger partial charge in [0.25, 0.3) is 0 Å². The molecule has 0 aliphatic carbocycles. The highest BCUT2D eigenvalue weighted by atomic mass is 32.2. The van der Waals surface area contributed by atoms with Crippen molar-refractivity contribution in [3.8, 4) is 0 Å². The van der Waals surface area contributed by atoms with Crippen LogP contribution in [0, 0.1) is 0 Å². The summed E-state index contributed by atoms with van der Waals surface area (Å²) in [5, 5.41) is 0. The molecule has 1 unspecified atom stereocenters. The highest BCUT2D eigenvalue weighted by Crippen LogP contribution is 2.20. The van der Waals surface area contributed by atoms with Crippen molar-refractivity contribution in [3.63, 3.8) is 0 Å². The minimum atomic E-state index is -0.342. The van der Waals surface area contributed by atoms with Gasteiger partial charge in [-0.15, -0.1) is 0 Å². The quantitative estimate of drug-likeness (QED) is 0.880. The molecule has 1 aromatic heterocycles. The molecule has 2 aromatic rings. The Morgan fingerprint density at radius 1 is 1.56 bits per heavy atom. The Morgan fingerprint density at radius 3 is 3.00 bits per heavy atom. The number of oxazole rings is 1. The number of hydrogen-bond acceptors (Lipinski definition) is 4. The maximum absolute atomic E-state index is 11.3. The molecule has 5 heteroatoms. The van der Waals surface area contributed by atoms with Gasteiger partial charge >= 0.3 is 5.76 Å². The fourth-order valence-corrected chi connectivity index (χ4v) is 2.20. The van der Waals surface area contributed by atoms with E-state index >= 15 is 0 Å². The number of aromatic nitrogens is 1. The molecule has 0 radical (unpaired) electrons. The summed E-state index contributed by atoms with van der Waals surface area (Å²) in [5.41, 5.74) is 8.44. The van der Waals surface area contributed by atoms with E-state index in [2.05, 4.69) is 0 Å². The molecule has 0 spiro atoms. The van der Waals surface area contributed by atoms with E-state index in [1.165, 1.54) is 4.57 Å². The van der Waals surface area contributed by atoms with Crippen molar-refractivity contribution < 1.29 is 4.42 Å². The van der Waals surface area contributed by atoms with Crippen molar-refractivity contribution >= 4 is 22.9 Å². The lowest BCUT2D eigenvalue weighted by atomic mass is 10.1. The van der Waals surface area contributed by atoms with Gasteiger partial charge in [0.1, 0.15) is 0 Å². The second kappa shape index (κ2) is 4.35. The predicted octanol–water partition coefficient (Wildman–Crippen LogP) is 1.49. The Hall–Kier alpha value is -1.20. The lowest BCUT2D eigenvalue weighted by Crippen LogP contribution is -2.13. The van der Waals surface area contributed by atoms with Crippen LogP contribution in [0.3, 0.4) is 0 Å². The minimum absolute atomic E-state index is 0.00981. The van der Waals surface area contributed by atoms with Crippen LogP contribution in [-0.4, -0.2) is 16.6 Å². The number of thioether (sulfide) groups is 1. The summed E-state index contributed by atoms with van der Waals surface area (Å²) in [6, 6.07) is 5.61. The van der Waals surface area contributed by atoms with Crippen molar-refractivity contribution in [2.24, 2.45) is 12.8 Å². The number of rotatable bonds is 3. The Bertz CT molecular complexity index is 559. The van der Waals surface area contributed by atoms with E-state index in [9.17, 15) is 4.79 Å². The van der Waals surface area contributed by atoms with E-state index in [1.807, 2.05) is 18.4 Å². The van der Waals surface area contributed by atoms with E-state index in [0.29, 0.717) is 5.58 Å². The molecule has 4 nitrogen and oxygen atoms in total. The molecule has 1 aromatic carbocycles. The van der Waals surface area contributed by atoms with Gasteiger partial charge in [-0.05, 0) is 24.0 Å². The van der Waals surface area contributed by atoms with Crippen molar-refractivity contribution in [2.45, 2.75) is 6.04 Å². The molecule has 0 aliphatic rings. The molecule has 2 N–H and O–H groups in total. The minimum Gasteiger partial charge on any atom is -0.408 e. The maximum Gasteiger partial charge on any atom is 0.419 e. The molecule has 0 fully saturated rings. The first-order chi connectivity index (χ1) is 7.63. The summed E-state index contributed by atoms with van der Waals surface area (Å²) >= 11 is 1.70. The number of nitrogens with zero attached hydrogens (tertiary/aromatic N) is 1. The van der Waals surface area contributed by atoms with Crippen LogP contribution < -0.4 is 11.5 Å². The van der Waals surface area contributed by atoms with Gasteiger partial charge in [-0.3, -0.25) is 4.57 Å². The summed E-state index contributed by atoms with van der Waals surface area (Å²) in [6.45, 7) is 0. The SMILES string of the molecule is CSCC(N)c1ccc2oc(=O)n(C)c2c1. The highest BCUT2D eigenvalue weighted by Gasteiger charge is 2.10. The van der Waals surface area contributed by atoms with E-state index in [1.54, 1.807) is 24.9 Å². The van der Waals surface area contributed by atoms with Crippen LogP contribution in [0.15, 0.2) is 27.4 Å². The number of benzene rings is 1. The van der Waals surface area contributed by atoms with Crippen LogP contribution in [-0.2, 0) is 7.05 Å². The summed E-state index contributed by atoms with van der Waals surface area (Å²) in [5.74, 6) is 0.516. The van der Waals surface area contributed by atoms with Gasteiger partial charge in [0.2, 0.25) is 0 Å². The van der Waals surface area contributed by atoms with Crippen LogP contribution in [0.5, 0.6) is 0 Å². The molecular weight excluding hydrogens is 224 g/mol. The smallest absolute Gasteiger partial charge is 0.408 e. The molecular formula is C11H14N2O2S. The first-order valence-electron chi connectivity index (χ1n) is 4.97. The van der Waals surface area contributed by atoms with Crippen molar-refractivity contribution in [2.75, 3.05) is 12.0 Å². The highest BCUT2D eigenvalue weighted by molar-refractivity contribution is 7.98. The Labute approximate surface area is 97.4 Å². The van der Waals surface area contributed by atoms with Gasteiger partial charge < -0.3 is 10.2 Å². The molecule has 16 heavy (non-hydrogen) atoms. The van der Waals surface area contributed by atoms with Crippen molar-refractivity contribution in [1.29, 1.82) is 0 Å². The molecule has 0 amide bonds. The first-order valence-corrected chi connectivity index (χ1v) is 6.37. The van der Waals surface area contributed by atoms with E-state index in [4.69, 9.17) is 10.2 Å². The van der Waals surface area contributed by atoms with Crippen molar-refractivity contribution in [1.82, 2.24) is 4.57 Å². The maximum atomic E-state index is 11.3. The molecule has 86 valence electrons. The summed E-state index contributed by atoms with van der Waals surface area (Å²) < 4.78 is 6.55. The predicted molar refractivity (Wildman–Crippen MR) is 66.8 cm³/mol. The van der Waals surface area contributed by atoms with Crippen LogP contribution >= 0.6 is 11.8 Å². The van der Waals surface area contributed by atoms with Gasteiger partial charge in [0.15, 0.2) is 5.58 Å². The third kappa shape index (κ3) is 1.88. The summed E-state index contributed by atoms with van der Waals surface area (Å²) in [4.78, 5) is 11.3. The fourth-order valence-electron chi connectivity index (χ4n) is 1.65. The van der Waals surface area contributed by atoms with E-state index in [0.717, 1.165) is 16.8 Å². The zero-order valence-electron chi connectivity index (χ0n) is 9.27. The zero-order chi connectivity index (χ0) is 11.7. The van der Waals surface area contributed by atoms with Gasteiger partial charge in [0.05, 0.1) is 5.52 Å². The first kappa shape index (κ1) is 11.3. The summed E-state index contributed by atoms with van der Waals surface area (Å²) in [6.07, 6.45) is 2.02. The number of aryl methyl sites for hydroxylation is 1. The average Bonchev–Trinajstić information content (AvgIpc) is 2.55. The fraction of sp³-hybridized carbons (Fsp3) is 0.364. The molecule has 2 rings (SSSR count). The third-order valence-electron chi connectivity index (χ3n) is 2.59. The Morgan fingerprint density at radius 2 is 2.31 bits per heavy atom. The van der Waals surface area contributed by atoms with Crippen LogP contribution in [0.25, 0.3) is 11.1 Å². The molecule has 0 saturated heterocycles.